The van der Waals surface area contributed by atoms with Crippen molar-refractivity contribution in [1.29, 1.82) is 0 Å². The van der Waals surface area contributed by atoms with Gasteiger partial charge >= 0.3 is 0 Å². The van der Waals surface area contributed by atoms with Gasteiger partial charge in [-0.3, -0.25) is 9.48 Å². The van der Waals surface area contributed by atoms with E-state index in [4.69, 9.17) is 0 Å². The Morgan fingerprint density at radius 1 is 1.67 bits per heavy atom. The summed E-state index contributed by atoms with van der Waals surface area (Å²) in [6.45, 7) is 1.85. The molecule has 2 rings (SSSR count). The number of hydrogen-bond acceptors (Lipinski definition) is 2. The molecule has 1 aliphatic rings. The van der Waals surface area contributed by atoms with Crippen LogP contribution in [0.3, 0.4) is 0 Å². The van der Waals surface area contributed by atoms with Gasteiger partial charge in [0.1, 0.15) is 0 Å². The summed E-state index contributed by atoms with van der Waals surface area (Å²) in [5, 5.41) is 6.24. The molecule has 1 unspecified atom stereocenters. The lowest BCUT2D eigenvalue weighted by Crippen LogP contribution is -2.31. The van der Waals surface area contributed by atoms with Crippen LogP contribution in [0.4, 0.5) is 0 Å². The first kappa shape index (κ1) is 7.61. The van der Waals surface area contributed by atoms with E-state index in [0.717, 1.165) is 13.1 Å². The van der Waals surface area contributed by atoms with Gasteiger partial charge in [-0.15, -0.1) is 0 Å². The van der Waals surface area contributed by atoms with Crippen LogP contribution < -0.4 is 10.9 Å². The van der Waals surface area contributed by atoms with E-state index >= 15 is 0 Å². The predicted molar refractivity (Wildman–Crippen MR) is 46.1 cm³/mol. The molecule has 12 heavy (non-hydrogen) atoms. The topological polar surface area (TPSA) is 49.8 Å². The van der Waals surface area contributed by atoms with Gasteiger partial charge in [-0.05, 0) is 19.4 Å². The Kier molecular flexibility index (Phi) is 1.99. The molecule has 1 fully saturated rings. The third-order valence-electron chi connectivity index (χ3n) is 2.29. The van der Waals surface area contributed by atoms with Crippen molar-refractivity contribution < 1.29 is 0 Å². The van der Waals surface area contributed by atoms with Gasteiger partial charge in [0, 0.05) is 18.3 Å². The number of aromatic nitrogens is 2. The van der Waals surface area contributed by atoms with Crippen LogP contribution >= 0.6 is 0 Å². The fraction of sp³-hybridized carbons (Fsp3) is 0.625. The standard InChI is InChI=1S/C8H13N3O/c12-8-3-5-10-11(8)6-7-2-1-4-9-7/h3,5,7,9-10H,1-2,4,6H2. The van der Waals surface area contributed by atoms with Crippen LogP contribution in [-0.2, 0) is 6.54 Å². The Balaban J connectivity index is 2.03. The Bertz CT molecular complexity index is 295. The number of hydrogen-bond donors (Lipinski definition) is 2. The minimum absolute atomic E-state index is 0.0590. The van der Waals surface area contributed by atoms with Crippen LogP contribution in [0.2, 0.25) is 0 Å². The quantitative estimate of drug-likeness (QED) is 0.647. The van der Waals surface area contributed by atoms with Crippen molar-refractivity contribution in [3.63, 3.8) is 0 Å². The lowest BCUT2D eigenvalue weighted by Gasteiger charge is -2.09. The van der Waals surface area contributed by atoms with Crippen molar-refractivity contribution in [2.75, 3.05) is 6.54 Å². The largest absolute Gasteiger partial charge is 0.312 e. The molecule has 4 heteroatoms. The van der Waals surface area contributed by atoms with Crippen LogP contribution in [0.25, 0.3) is 0 Å². The summed E-state index contributed by atoms with van der Waals surface area (Å²) in [5.41, 5.74) is 0.0590. The van der Waals surface area contributed by atoms with Crippen molar-refractivity contribution in [3.05, 3.63) is 22.6 Å². The van der Waals surface area contributed by atoms with Gasteiger partial charge in [-0.25, -0.2) is 0 Å². The first-order valence-electron chi connectivity index (χ1n) is 4.34. The normalized spacial score (nSPS) is 23.2. The first-order chi connectivity index (χ1) is 5.86. The van der Waals surface area contributed by atoms with Gasteiger partial charge in [0.2, 0.25) is 0 Å². The monoisotopic (exact) mass is 167 g/mol. The Morgan fingerprint density at radius 3 is 3.17 bits per heavy atom. The number of rotatable bonds is 2. The molecule has 1 aromatic heterocycles. The third kappa shape index (κ3) is 1.43. The van der Waals surface area contributed by atoms with Gasteiger partial charge in [0.05, 0.1) is 6.54 Å². The van der Waals surface area contributed by atoms with E-state index in [2.05, 4.69) is 10.4 Å². The van der Waals surface area contributed by atoms with Gasteiger partial charge < -0.3 is 10.4 Å². The van der Waals surface area contributed by atoms with Crippen LogP contribution in [0.15, 0.2) is 17.1 Å². The van der Waals surface area contributed by atoms with E-state index in [-0.39, 0.29) is 5.56 Å². The Labute approximate surface area is 70.6 Å². The smallest absolute Gasteiger partial charge is 0.266 e. The maximum absolute atomic E-state index is 11.1. The van der Waals surface area contributed by atoms with Crippen molar-refractivity contribution >= 4 is 0 Å². The molecule has 0 spiro atoms. The molecule has 1 aromatic rings. The van der Waals surface area contributed by atoms with E-state index in [9.17, 15) is 4.79 Å². The molecular weight excluding hydrogens is 154 g/mol. The Hall–Kier alpha value is -1.03. The van der Waals surface area contributed by atoms with Crippen LogP contribution in [0, 0.1) is 0 Å². The molecule has 0 aliphatic carbocycles. The highest BCUT2D eigenvalue weighted by molar-refractivity contribution is 4.83. The number of nitrogens with zero attached hydrogens (tertiary/aromatic N) is 1. The summed E-state index contributed by atoms with van der Waals surface area (Å²) < 4.78 is 1.64. The molecule has 1 saturated heterocycles. The highest BCUT2D eigenvalue weighted by Crippen LogP contribution is 2.05. The molecule has 2 N–H and O–H groups in total. The molecule has 0 bridgehead atoms. The molecule has 1 atom stereocenters. The fourth-order valence-corrected chi connectivity index (χ4v) is 1.63. The molecule has 1 aliphatic heterocycles. The van der Waals surface area contributed by atoms with Crippen molar-refractivity contribution in [3.8, 4) is 0 Å². The molecule has 0 amide bonds. The van der Waals surface area contributed by atoms with Gasteiger partial charge in [0.15, 0.2) is 0 Å². The van der Waals surface area contributed by atoms with Crippen LogP contribution in [-0.4, -0.2) is 22.4 Å². The summed E-state index contributed by atoms with van der Waals surface area (Å²) in [4.78, 5) is 11.1. The van der Waals surface area contributed by atoms with E-state index in [0.29, 0.717) is 6.04 Å². The average molecular weight is 167 g/mol. The van der Waals surface area contributed by atoms with Crippen LogP contribution in [0.1, 0.15) is 12.8 Å². The molecule has 4 nitrogen and oxygen atoms in total. The summed E-state index contributed by atoms with van der Waals surface area (Å²) >= 11 is 0. The molecule has 2 heterocycles. The predicted octanol–water partition coefficient (Wildman–Crippen LogP) is -0.0716. The van der Waals surface area contributed by atoms with Gasteiger partial charge in [0.25, 0.3) is 5.56 Å². The zero-order chi connectivity index (χ0) is 8.39. The second-order valence-electron chi connectivity index (χ2n) is 3.20. The lowest BCUT2D eigenvalue weighted by atomic mass is 10.2. The number of nitrogens with one attached hydrogen (secondary N) is 2. The van der Waals surface area contributed by atoms with Crippen molar-refractivity contribution in [2.45, 2.75) is 25.4 Å². The third-order valence-corrected chi connectivity index (χ3v) is 2.29. The second-order valence-corrected chi connectivity index (χ2v) is 3.20. The highest BCUT2D eigenvalue weighted by Gasteiger charge is 2.14. The van der Waals surface area contributed by atoms with E-state index in [1.54, 1.807) is 16.9 Å². The SMILES string of the molecule is O=c1cc[nH]n1CC1CCCN1. The molecule has 0 aromatic carbocycles. The minimum atomic E-state index is 0.0590. The number of aromatic amines is 1. The first-order valence-corrected chi connectivity index (χ1v) is 4.34. The highest BCUT2D eigenvalue weighted by atomic mass is 16.1. The zero-order valence-corrected chi connectivity index (χ0v) is 6.92. The summed E-state index contributed by atoms with van der Waals surface area (Å²) in [5.74, 6) is 0. The van der Waals surface area contributed by atoms with Crippen molar-refractivity contribution in [1.82, 2.24) is 15.1 Å². The average Bonchev–Trinajstić information content (AvgIpc) is 2.65. The summed E-state index contributed by atoms with van der Waals surface area (Å²) in [6.07, 6.45) is 4.07. The number of H-pyrrole nitrogens is 1. The minimum Gasteiger partial charge on any atom is -0.312 e. The zero-order valence-electron chi connectivity index (χ0n) is 6.92. The van der Waals surface area contributed by atoms with E-state index < -0.39 is 0 Å². The van der Waals surface area contributed by atoms with Crippen LogP contribution in [0.5, 0.6) is 0 Å². The van der Waals surface area contributed by atoms with Gasteiger partial charge in [-0.2, -0.15) is 0 Å². The second kappa shape index (κ2) is 3.15. The summed E-state index contributed by atoms with van der Waals surface area (Å²) in [7, 11) is 0. The molecule has 0 radical (unpaired) electrons. The van der Waals surface area contributed by atoms with Crippen molar-refractivity contribution in [2.24, 2.45) is 0 Å². The van der Waals surface area contributed by atoms with Gasteiger partial charge in [-0.1, -0.05) is 0 Å². The molecular formula is C8H13N3O. The lowest BCUT2D eigenvalue weighted by molar-refractivity contribution is 0.467. The summed E-state index contributed by atoms with van der Waals surface area (Å²) in [6, 6.07) is 2.02. The fourth-order valence-electron chi connectivity index (χ4n) is 1.63. The molecule has 66 valence electrons. The Morgan fingerprint density at radius 2 is 2.58 bits per heavy atom. The van der Waals surface area contributed by atoms with E-state index in [1.807, 2.05) is 0 Å². The molecule has 0 saturated carbocycles. The maximum atomic E-state index is 11.1. The maximum Gasteiger partial charge on any atom is 0.266 e. The van der Waals surface area contributed by atoms with E-state index in [1.165, 1.54) is 12.8 Å².